The zero-order valence-corrected chi connectivity index (χ0v) is 13.8. The van der Waals surface area contributed by atoms with Crippen molar-refractivity contribution in [2.75, 3.05) is 0 Å². The van der Waals surface area contributed by atoms with Gasteiger partial charge in [0.2, 0.25) is 0 Å². The summed E-state index contributed by atoms with van der Waals surface area (Å²) < 4.78 is 13.9. The summed E-state index contributed by atoms with van der Waals surface area (Å²) in [4.78, 5) is 0. The zero-order valence-electron chi connectivity index (χ0n) is 12.3. The first-order valence-corrected chi connectivity index (χ1v) is 8.06. The number of aryl methyl sites for hydroxylation is 2. The van der Waals surface area contributed by atoms with Crippen LogP contribution in [-0.2, 0) is 19.3 Å². The summed E-state index contributed by atoms with van der Waals surface area (Å²) in [5.41, 5.74) is 4.02. The second kappa shape index (κ2) is 7.29. The Hall–Kier alpha value is -1.05. The molecule has 0 N–H and O–H groups in total. The third-order valence-corrected chi connectivity index (χ3v) is 4.53. The van der Waals surface area contributed by atoms with Crippen LogP contribution in [0.4, 0.5) is 4.39 Å². The number of hydrogen-bond acceptors (Lipinski definition) is 0. The van der Waals surface area contributed by atoms with E-state index in [4.69, 9.17) is 23.2 Å². The summed E-state index contributed by atoms with van der Waals surface area (Å²) in [5, 5.41) is 0.159. The largest absolute Gasteiger partial charge is 0.207 e. The van der Waals surface area contributed by atoms with Gasteiger partial charge in [-0.2, -0.15) is 0 Å². The van der Waals surface area contributed by atoms with E-state index in [1.165, 1.54) is 17.2 Å². The van der Waals surface area contributed by atoms with E-state index in [1.807, 2.05) is 0 Å². The number of hydrogen-bond donors (Lipinski definition) is 0. The van der Waals surface area contributed by atoms with E-state index >= 15 is 0 Å². The molecule has 1 unspecified atom stereocenters. The molecule has 2 rings (SSSR count). The van der Waals surface area contributed by atoms with Crippen LogP contribution in [-0.4, -0.2) is 0 Å². The van der Waals surface area contributed by atoms with Crippen molar-refractivity contribution in [3.63, 3.8) is 0 Å². The van der Waals surface area contributed by atoms with Gasteiger partial charge in [0.05, 0.1) is 5.38 Å². The van der Waals surface area contributed by atoms with E-state index in [2.05, 4.69) is 32.0 Å². The predicted molar refractivity (Wildman–Crippen MR) is 88.9 cm³/mol. The Labute approximate surface area is 135 Å². The molecule has 0 bridgehead atoms. The second-order valence-electron chi connectivity index (χ2n) is 5.11. The van der Waals surface area contributed by atoms with Gasteiger partial charge in [-0.05, 0) is 48.1 Å². The number of halogens is 3. The van der Waals surface area contributed by atoms with Gasteiger partial charge >= 0.3 is 0 Å². The van der Waals surface area contributed by atoms with E-state index < -0.39 is 0 Å². The standard InChI is InChI=1S/C18H19Cl2F/c1-3-12-8-9-13(4-2)14(10-12)17(20)11-15-16(19)6-5-7-18(15)21/h5-10,17H,3-4,11H2,1-2H3. The minimum atomic E-state index is -0.294. The lowest BCUT2D eigenvalue weighted by molar-refractivity contribution is 0.607. The van der Waals surface area contributed by atoms with Crippen LogP contribution in [0, 0.1) is 5.82 Å². The van der Waals surface area contributed by atoms with Crippen molar-refractivity contribution in [3.8, 4) is 0 Å². The molecule has 112 valence electrons. The Kier molecular flexibility index (Phi) is 5.66. The maximum absolute atomic E-state index is 13.9. The van der Waals surface area contributed by atoms with Gasteiger partial charge in [0.15, 0.2) is 0 Å². The lowest BCUT2D eigenvalue weighted by Crippen LogP contribution is -2.03. The molecule has 0 radical (unpaired) electrons. The summed E-state index contributed by atoms with van der Waals surface area (Å²) in [5.74, 6) is -0.294. The molecule has 0 nitrogen and oxygen atoms in total. The topological polar surface area (TPSA) is 0 Å². The molecule has 0 aliphatic carbocycles. The van der Waals surface area contributed by atoms with Crippen LogP contribution in [0.15, 0.2) is 36.4 Å². The Bertz CT molecular complexity index is 602. The van der Waals surface area contributed by atoms with Crippen molar-refractivity contribution < 1.29 is 4.39 Å². The van der Waals surface area contributed by atoms with Crippen LogP contribution in [0.3, 0.4) is 0 Å². The van der Waals surface area contributed by atoms with Gasteiger partial charge < -0.3 is 0 Å². The summed E-state index contributed by atoms with van der Waals surface area (Å²) in [7, 11) is 0. The third kappa shape index (κ3) is 3.78. The number of benzene rings is 2. The van der Waals surface area contributed by atoms with Crippen molar-refractivity contribution >= 4 is 23.2 Å². The summed E-state index contributed by atoms with van der Waals surface area (Å²) in [6.07, 6.45) is 2.27. The smallest absolute Gasteiger partial charge is 0.127 e. The lowest BCUT2D eigenvalue weighted by Gasteiger charge is -2.16. The van der Waals surface area contributed by atoms with Gasteiger partial charge in [0.25, 0.3) is 0 Å². The average molecular weight is 325 g/mol. The van der Waals surface area contributed by atoms with Crippen LogP contribution in [0.25, 0.3) is 0 Å². The predicted octanol–water partition coefficient (Wildman–Crippen LogP) is 6.13. The molecule has 0 spiro atoms. The maximum atomic E-state index is 13.9. The first kappa shape index (κ1) is 16.3. The molecule has 21 heavy (non-hydrogen) atoms. The highest BCUT2D eigenvalue weighted by Crippen LogP contribution is 2.32. The van der Waals surface area contributed by atoms with Crippen molar-refractivity contribution in [1.82, 2.24) is 0 Å². The van der Waals surface area contributed by atoms with Gasteiger partial charge in [-0.3, -0.25) is 0 Å². The monoisotopic (exact) mass is 324 g/mol. The minimum Gasteiger partial charge on any atom is -0.207 e. The highest BCUT2D eigenvalue weighted by molar-refractivity contribution is 6.31. The molecule has 0 heterocycles. The highest BCUT2D eigenvalue weighted by Gasteiger charge is 2.17. The molecule has 0 fully saturated rings. The van der Waals surface area contributed by atoms with Gasteiger partial charge in [-0.1, -0.05) is 49.7 Å². The zero-order chi connectivity index (χ0) is 15.4. The molecule has 2 aromatic rings. The first-order valence-electron chi connectivity index (χ1n) is 7.25. The molecule has 0 aliphatic rings. The minimum absolute atomic E-state index is 0.277. The Morgan fingerprint density at radius 2 is 1.86 bits per heavy atom. The van der Waals surface area contributed by atoms with Crippen LogP contribution >= 0.6 is 23.2 Å². The normalized spacial score (nSPS) is 12.4. The van der Waals surface area contributed by atoms with Crippen LogP contribution < -0.4 is 0 Å². The molecule has 0 aliphatic heterocycles. The van der Waals surface area contributed by atoms with Crippen LogP contribution in [0.5, 0.6) is 0 Å². The van der Waals surface area contributed by atoms with Crippen molar-refractivity contribution in [3.05, 3.63) is 69.5 Å². The maximum Gasteiger partial charge on any atom is 0.127 e. The SMILES string of the molecule is CCc1ccc(CC)c(C(Cl)Cc2c(F)cccc2Cl)c1. The van der Waals surface area contributed by atoms with E-state index in [1.54, 1.807) is 12.1 Å². The molecule has 0 saturated carbocycles. The molecule has 0 amide bonds. The Morgan fingerprint density at radius 1 is 1.10 bits per heavy atom. The van der Waals surface area contributed by atoms with E-state index in [9.17, 15) is 4.39 Å². The fourth-order valence-corrected chi connectivity index (χ4v) is 3.09. The van der Waals surface area contributed by atoms with Gasteiger partial charge in [0.1, 0.15) is 5.82 Å². The molecule has 0 saturated heterocycles. The Morgan fingerprint density at radius 3 is 2.48 bits per heavy atom. The van der Waals surface area contributed by atoms with Gasteiger partial charge in [-0.15, -0.1) is 11.6 Å². The second-order valence-corrected chi connectivity index (χ2v) is 6.05. The fraction of sp³-hybridized carbons (Fsp3) is 0.333. The van der Waals surface area contributed by atoms with Gasteiger partial charge in [-0.25, -0.2) is 4.39 Å². The molecule has 0 aromatic heterocycles. The summed E-state index contributed by atoms with van der Waals surface area (Å²) in [6, 6.07) is 11.1. The number of rotatable bonds is 5. The van der Waals surface area contributed by atoms with Crippen molar-refractivity contribution in [1.29, 1.82) is 0 Å². The third-order valence-electron chi connectivity index (χ3n) is 3.78. The van der Waals surface area contributed by atoms with Crippen molar-refractivity contribution in [2.45, 2.75) is 38.5 Å². The van der Waals surface area contributed by atoms with Gasteiger partial charge in [0, 0.05) is 10.6 Å². The first-order chi connectivity index (χ1) is 10.1. The van der Waals surface area contributed by atoms with Crippen LogP contribution in [0.1, 0.15) is 41.5 Å². The number of alkyl halides is 1. The van der Waals surface area contributed by atoms with Crippen molar-refractivity contribution in [2.24, 2.45) is 0 Å². The summed E-state index contributed by atoms with van der Waals surface area (Å²) in [6.45, 7) is 4.21. The van der Waals surface area contributed by atoms with E-state index in [-0.39, 0.29) is 11.2 Å². The van der Waals surface area contributed by atoms with Crippen LogP contribution in [0.2, 0.25) is 5.02 Å². The fourth-order valence-electron chi connectivity index (χ4n) is 2.49. The molecular formula is C18H19Cl2F. The van der Waals surface area contributed by atoms with E-state index in [0.717, 1.165) is 18.4 Å². The molecule has 3 heteroatoms. The molecule has 1 atom stereocenters. The van der Waals surface area contributed by atoms with E-state index in [0.29, 0.717) is 17.0 Å². The highest BCUT2D eigenvalue weighted by atomic mass is 35.5. The Balaban J connectivity index is 2.33. The molecular weight excluding hydrogens is 306 g/mol. The average Bonchev–Trinajstić information content (AvgIpc) is 2.50. The quantitative estimate of drug-likeness (QED) is 0.580. The lowest BCUT2D eigenvalue weighted by atomic mass is 9.95. The molecule has 2 aromatic carbocycles. The summed E-state index contributed by atoms with van der Waals surface area (Å²) >= 11 is 12.7.